The number of hydrogen-bond acceptors (Lipinski definition) is 4. The Morgan fingerprint density at radius 2 is 1.72 bits per heavy atom. The second-order valence-corrected chi connectivity index (χ2v) is 13.0. The third-order valence-corrected chi connectivity index (χ3v) is 11.3. The SMILES string of the molecule is CC(C)C1=C[C@@]23CC[C@@H]4[C@](C)(CCC[C@@]4(C)C(=O)O)[C@@H]2C[C@@H]1[C@@H]1C(=O)N(c2ccc(O)cc2)C(=O)[C@H]13. The van der Waals surface area contributed by atoms with Crippen LogP contribution in [0.4, 0.5) is 5.69 Å². The highest BCUT2D eigenvalue weighted by atomic mass is 16.4. The first-order chi connectivity index (χ1) is 17.0. The normalized spacial score (nSPS) is 43.2. The summed E-state index contributed by atoms with van der Waals surface area (Å²) in [5.74, 6) is -1.04. The molecule has 2 bridgehead atoms. The van der Waals surface area contributed by atoms with Crippen molar-refractivity contribution in [1.82, 2.24) is 0 Å². The molecule has 1 aromatic carbocycles. The quantitative estimate of drug-likeness (QED) is 0.436. The minimum Gasteiger partial charge on any atom is -0.508 e. The average Bonchev–Trinajstić information content (AvgIpc) is 3.11. The van der Waals surface area contributed by atoms with Crippen molar-refractivity contribution in [1.29, 1.82) is 0 Å². The van der Waals surface area contributed by atoms with E-state index in [1.54, 1.807) is 12.1 Å². The number of fused-ring (bicyclic) bond motifs is 1. The Kier molecular flexibility index (Phi) is 4.92. The standard InChI is InChI=1S/C30H37NO5/c1-16(2)20-15-30-13-10-21-28(3,11-5-12-29(21,4)27(35)36)22(30)14-19(20)23-24(30)26(34)31(25(23)33)17-6-8-18(32)9-7-17/h6-9,15-16,19,21-24,32H,5,10-14H2,1-4H3,(H,35,36)/t19-,21+,22-,23-,24-,28-,29+,30-/m0/s1. The molecule has 0 aromatic heterocycles. The molecule has 8 atom stereocenters. The number of carbonyl (C=O) groups is 3. The number of carboxylic acid groups (broad SMARTS) is 1. The van der Waals surface area contributed by atoms with E-state index in [0.29, 0.717) is 18.0 Å². The van der Waals surface area contributed by atoms with Crippen LogP contribution in [0.25, 0.3) is 0 Å². The van der Waals surface area contributed by atoms with Gasteiger partial charge in [-0.25, -0.2) is 0 Å². The molecule has 192 valence electrons. The Morgan fingerprint density at radius 1 is 1.03 bits per heavy atom. The maximum atomic E-state index is 14.2. The fourth-order valence-corrected chi connectivity index (χ4v) is 9.81. The van der Waals surface area contributed by atoms with E-state index in [-0.39, 0.29) is 46.7 Å². The maximum absolute atomic E-state index is 14.2. The van der Waals surface area contributed by atoms with Crippen molar-refractivity contribution in [3.05, 3.63) is 35.9 Å². The molecule has 6 aliphatic rings. The van der Waals surface area contributed by atoms with Gasteiger partial charge in [-0.05, 0) is 92.4 Å². The second-order valence-electron chi connectivity index (χ2n) is 13.0. The predicted octanol–water partition coefficient (Wildman–Crippen LogP) is 5.41. The van der Waals surface area contributed by atoms with E-state index in [4.69, 9.17) is 0 Å². The number of allylic oxidation sites excluding steroid dienone is 2. The first kappa shape index (κ1) is 23.7. The van der Waals surface area contributed by atoms with Crippen molar-refractivity contribution >= 4 is 23.5 Å². The first-order valence-electron chi connectivity index (χ1n) is 13.6. The molecule has 1 saturated heterocycles. The highest BCUT2D eigenvalue weighted by molar-refractivity contribution is 6.23. The number of rotatable bonds is 3. The number of carboxylic acids is 1. The number of amides is 2. The van der Waals surface area contributed by atoms with Crippen LogP contribution in [0.2, 0.25) is 0 Å². The van der Waals surface area contributed by atoms with Gasteiger partial charge >= 0.3 is 5.97 Å². The highest BCUT2D eigenvalue weighted by Gasteiger charge is 2.73. The van der Waals surface area contributed by atoms with Gasteiger partial charge in [0, 0.05) is 5.41 Å². The smallest absolute Gasteiger partial charge is 0.309 e. The summed E-state index contributed by atoms with van der Waals surface area (Å²) in [6.07, 6.45) is 7.35. The van der Waals surface area contributed by atoms with Gasteiger partial charge < -0.3 is 10.2 Å². The van der Waals surface area contributed by atoms with Crippen molar-refractivity contribution < 1.29 is 24.6 Å². The second kappa shape index (κ2) is 7.45. The fourth-order valence-electron chi connectivity index (χ4n) is 9.81. The van der Waals surface area contributed by atoms with Gasteiger partial charge in [0.25, 0.3) is 0 Å². The van der Waals surface area contributed by atoms with Crippen LogP contribution in [0.15, 0.2) is 35.9 Å². The van der Waals surface area contributed by atoms with Gasteiger partial charge in [0.2, 0.25) is 11.8 Å². The summed E-state index contributed by atoms with van der Waals surface area (Å²) in [4.78, 5) is 42.0. The number of carbonyl (C=O) groups excluding carboxylic acids is 2. The van der Waals surface area contributed by atoms with Crippen LogP contribution in [-0.4, -0.2) is 28.0 Å². The van der Waals surface area contributed by atoms with E-state index in [1.807, 2.05) is 6.92 Å². The largest absolute Gasteiger partial charge is 0.508 e. The Balaban J connectivity index is 1.49. The molecule has 5 aliphatic carbocycles. The predicted molar refractivity (Wildman–Crippen MR) is 135 cm³/mol. The van der Waals surface area contributed by atoms with Crippen molar-refractivity contribution in [2.75, 3.05) is 4.90 Å². The van der Waals surface area contributed by atoms with Crippen molar-refractivity contribution in [3.63, 3.8) is 0 Å². The highest BCUT2D eigenvalue weighted by Crippen LogP contribution is 2.74. The van der Waals surface area contributed by atoms with Gasteiger partial charge in [0.05, 0.1) is 22.9 Å². The van der Waals surface area contributed by atoms with Crippen molar-refractivity contribution in [2.24, 2.45) is 51.8 Å². The van der Waals surface area contributed by atoms with Gasteiger partial charge in [0.1, 0.15) is 5.75 Å². The number of phenols is 1. The number of aliphatic carboxylic acids is 1. The van der Waals surface area contributed by atoms with E-state index in [1.165, 1.54) is 22.6 Å². The summed E-state index contributed by atoms with van der Waals surface area (Å²) in [6, 6.07) is 6.33. The van der Waals surface area contributed by atoms with E-state index in [0.717, 1.165) is 32.1 Å². The van der Waals surface area contributed by atoms with E-state index in [9.17, 15) is 24.6 Å². The van der Waals surface area contributed by atoms with Crippen LogP contribution in [0.5, 0.6) is 5.75 Å². The van der Waals surface area contributed by atoms with E-state index in [2.05, 4.69) is 26.8 Å². The Morgan fingerprint density at radius 3 is 2.36 bits per heavy atom. The summed E-state index contributed by atoms with van der Waals surface area (Å²) >= 11 is 0. The number of benzene rings is 1. The Bertz CT molecular complexity index is 1190. The molecule has 1 heterocycles. The zero-order chi connectivity index (χ0) is 25.8. The fraction of sp³-hybridized carbons (Fsp3) is 0.633. The molecule has 2 N–H and O–H groups in total. The van der Waals surface area contributed by atoms with E-state index >= 15 is 0 Å². The third kappa shape index (κ3) is 2.76. The summed E-state index contributed by atoms with van der Waals surface area (Å²) in [7, 11) is 0. The monoisotopic (exact) mass is 491 g/mol. The summed E-state index contributed by atoms with van der Waals surface area (Å²) in [6.45, 7) is 8.59. The molecule has 0 radical (unpaired) electrons. The topological polar surface area (TPSA) is 94.9 Å². The number of nitrogens with zero attached hydrogens (tertiary/aromatic N) is 1. The minimum atomic E-state index is -0.747. The zero-order valence-corrected chi connectivity index (χ0v) is 21.7. The average molecular weight is 492 g/mol. The lowest BCUT2D eigenvalue weighted by molar-refractivity contribution is -0.194. The van der Waals surface area contributed by atoms with Gasteiger partial charge in [-0.2, -0.15) is 0 Å². The third-order valence-electron chi connectivity index (χ3n) is 11.3. The zero-order valence-electron chi connectivity index (χ0n) is 21.7. The molecule has 2 amide bonds. The van der Waals surface area contributed by atoms with Crippen molar-refractivity contribution in [3.8, 4) is 5.75 Å². The van der Waals surface area contributed by atoms with Gasteiger partial charge in [-0.15, -0.1) is 0 Å². The lowest BCUT2D eigenvalue weighted by Gasteiger charge is -2.68. The van der Waals surface area contributed by atoms with Crippen LogP contribution in [0.1, 0.15) is 66.2 Å². The van der Waals surface area contributed by atoms with Crippen LogP contribution >= 0.6 is 0 Å². The van der Waals surface area contributed by atoms with Crippen LogP contribution < -0.4 is 4.90 Å². The van der Waals surface area contributed by atoms with Crippen LogP contribution in [0, 0.1) is 51.8 Å². The lowest BCUT2D eigenvalue weighted by Crippen LogP contribution is -2.65. The number of hydrogen-bond donors (Lipinski definition) is 2. The molecular formula is C30H37NO5. The molecule has 3 saturated carbocycles. The number of imide groups is 1. The molecule has 1 aromatic rings. The molecule has 7 rings (SSSR count). The molecule has 36 heavy (non-hydrogen) atoms. The molecule has 4 fully saturated rings. The van der Waals surface area contributed by atoms with E-state index < -0.39 is 22.7 Å². The molecular weight excluding hydrogens is 454 g/mol. The minimum absolute atomic E-state index is 0.00836. The molecule has 1 aliphatic heterocycles. The van der Waals surface area contributed by atoms with Crippen molar-refractivity contribution in [2.45, 2.75) is 66.2 Å². The number of aromatic hydroxyl groups is 1. The lowest BCUT2D eigenvalue weighted by atomic mass is 9.34. The maximum Gasteiger partial charge on any atom is 0.309 e. The van der Waals surface area contributed by atoms with Gasteiger partial charge in [0.15, 0.2) is 0 Å². The van der Waals surface area contributed by atoms with Gasteiger partial charge in [-0.1, -0.05) is 38.8 Å². The number of phenolic OH excluding ortho intramolecular Hbond substituents is 1. The summed E-state index contributed by atoms with van der Waals surface area (Å²) in [5.41, 5.74) is 0.482. The first-order valence-corrected chi connectivity index (χ1v) is 13.6. The Hall–Kier alpha value is -2.63. The van der Waals surface area contributed by atoms with Gasteiger partial charge in [-0.3, -0.25) is 19.3 Å². The molecule has 1 spiro atoms. The summed E-state index contributed by atoms with van der Waals surface area (Å²) in [5, 5.41) is 20.0. The molecule has 6 nitrogen and oxygen atoms in total. The summed E-state index contributed by atoms with van der Waals surface area (Å²) < 4.78 is 0. The molecule has 0 unspecified atom stereocenters. The van der Waals surface area contributed by atoms with Crippen LogP contribution in [-0.2, 0) is 14.4 Å². The van der Waals surface area contributed by atoms with Crippen LogP contribution in [0.3, 0.4) is 0 Å². The molecule has 6 heteroatoms. The number of anilines is 1. The Labute approximate surface area is 212 Å².